The summed E-state index contributed by atoms with van der Waals surface area (Å²) in [5, 5.41) is 13.8. The highest BCUT2D eigenvalue weighted by Gasteiger charge is 2.37. The fourth-order valence-electron chi connectivity index (χ4n) is 3.68. The number of hydrogen-bond donors (Lipinski definition) is 1. The molecule has 0 radical (unpaired) electrons. The van der Waals surface area contributed by atoms with Crippen molar-refractivity contribution in [2.24, 2.45) is 5.73 Å². The van der Waals surface area contributed by atoms with Gasteiger partial charge in [0.05, 0.1) is 27.7 Å². The molecule has 1 atom stereocenters. The van der Waals surface area contributed by atoms with Gasteiger partial charge in [0, 0.05) is 22.8 Å². The molecule has 0 saturated carbocycles. The van der Waals surface area contributed by atoms with E-state index in [1.165, 1.54) is 38.6 Å². The molecule has 0 aliphatic carbocycles. The number of nitrogens with zero attached hydrogens (tertiary/aromatic N) is 3. The monoisotopic (exact) mass is 468 g/mol. The maximum Gasteiger partial charge on any atom is 0.274 e. The molecule has 4 heterocycles. The Morgan fingerprint density at radius 1 is 1.26 bits per heavy atom. The lowest BCUT2D eigenvalue weighted by Crippen LogP contribution is -2.43. The van der Waals surface area contributed by atoms with Gasteiger partial charge in [0.1, 0.15) is 10.5 Å². The third kappa shape index (κ3) is 3.57. The largest absolute Gasteiger partial charge is 0.384 e. The molecule has 9 heteroatoms. The van der Waals surface area contributed by atoms with Crippen LogP contribution in [0.2, 0.25) is 0 Å². The Balaban J connectivity index is 2.12. The summed E-state index contributed by atoms with van der Waals surface area (Å²) in [7, 11) is 0. The number of fused-ring (bicyclic) bond motifs is 1. The van der Waals surface area contributed by atoms with Crippen molar-refractivity contribution in [3.8, 4) is 6.07 Å². The number of hydrogen-bond acceptors (Lipinski definition) is 7. The molecule has 6 nitrogen and oxygen atoms in total. The number of nitriles is 1. The smallest absolute Gasteiger partial charge is 0.274 e. The van der Waals surface area contributed by atoms with E-state index in [1.54, 1.807) is 4.90 Å². The number of nitrogens with two attached hydrogens (primary N) is 1. The molecule has 31 heavy (non-hydrogen) atoms. The summed E-state index contributed by atoms with van der Waals surface area (Å²) in [6.45, 7) is 4.89. The van der Waals surface area contributed by atoms with Crippen molar-refractivity contribution >= 4 is 57.4 Å². The standard InChI is InChI=1S/C22H20N4O2S3/c1-3-25(4-2)21(28)18-17(15-8-6-10-30-15)14(12-23)19(24)26-20(27)16(31-22(18)26)11-13-7-5-9-29-13/h5-11,17H,3-4,24H2,1-2H3/b16-11-. The lowest BCUT2D eigenvalue weighted by Gasteiger charge is -2.28. The number of thiazole rings is 1. The van der Waals surface area contributed by atoms with Gasteiger partial charge in [-0.15, -0.1) is 34.0 Å². The van der Waals surface area contributed by atoms with Gasteiger partial charge in [-0.25, -0.2) is 0 Å². The van der Waals surface area contributed by atoms with E-state index in [9.17, 15) is 14.9 Å². The number of allylic oxidation sites excluding steroid dienone is 1. The zero-order valence-electron chi connectivity index (χ0n) is 17.0. The molecular formula is C22H20N4O2S3. The number of aromatic nitrogens is 1. The third-order valence-corrected chi connectivity index (χ3v) is 8.06. The van der Waals surface area contributed by atoms with Crippen LogP contribution >= 0.6 is 34.0 Å². The van der Waals surface area contributed by atoms with Crippen LogP contribution in [-0.2, 0) is 4.79 Å². The van der Waals surface area contributed by atoms with Crippen molar-refractivity contribution in [1.82, 2.24) is 9.47 Å². The van der Waals surface area contributed by atoms with Crippen LogP contribution in [0.15, 0.2) is 45.4 Å². The van der Waals surface area contributed by atoms with E-state index in [0.717, 1.165) is 9.75 Å². The Morgan fingerprint density at radius 2 is 1.97 bits per heavy atom. The Kier molecular flexibility index (Phi) is 5.96. The molecule has 1 aliphatic rings. The van der Waals surface area contributed by atoms with E-state index in [-0.39, 0.29) is 22.9 Å². The summed E-state index contributed by atoms with van der Waals surface area (Å²) in [4.78, 5) is 30.4. The van der Waals surface area contributed by atoms with Gasteiger partial charge in [-0.2, -0.15) is 5.26 Å². The van der Waals surface area contributed by atoms with Gasteiger partial charge < -0.3 is 10.6 Å². The minimum Gasteiger partial charge on any atom is -0.384 e. The molecule has 1 aliphatic heterocycles. The summed E-state index contributed by atoms with van der Waals surface area (Å²) >= 11 is 4.24. The lowest BCUT2D eigenvalue weighted by molar-refractivity contribution is -0.125. The number of amides is 1. The molecule has 1 unspecified atom stereocenters. The molecule has 2 N–H and O–H groups in total. The van der Waals surface area contributed by atoms with Crippen LogP contribution < -0.4 is 20.5 Å². The zero-order chi connectivity index (χ0) is 22.1. The first kappa shape index (κ1) is 21.3. The minimum atomic E-state index is -0.592. The van der Waals surface area contributed by atoms with E-state index < -0.39 is 5.92 Å². The van der Waals surface area contributed by atoms with Crippen LogP contribution in [-0.4, -0.2) is 28.5 Å². The first-order valence-electron chi connectivity index (χ1n) is 9.75. The molecule has 4 rings (SSSR count). The molecule has 3 aromatic rings. The summed E-state index contributed by atoms with van der Waals surface area (Å²) in [5.41, 5.74) is 6.72. The Morgan fingerprint density at radius 3 is 2.55 bits per heavy atom. The van der Waals surface area contributed by atoms with E-state index in [4.69, 9.17) is 5.73 Å². The fourth-order valence-corrected chi connectivity index (χ4v) is 6.41. The molecular weight excluding hydrogens is 448 g/mol. The quantitative estimate of drug-likeness (QED) is 0.622. The summed E-state index contributed by atoms with van der Waals surface area (Å²) in [6.07, 6.45) is 1.81. The number of carbonyl (C=O) groups excluding carboxylic acids is 1. The van der Waals surface area contributed by atoms with E-state index in [2.05, 4.69) is 6.07 Å². The van der Waals surface area contributed by atoms with Crippen molar-refractivity contribution in [2.75, 3.05) is 13.1 Å². The second kappa shape index (κ2) is 8.67. The second-order valence-electron chi connectivity index (χ2n) is 6.82. The SMILES string of the molecule is CCN(CC)C(=O)C1=c2s/c(=C\c3cccs3)c(=O)n2C(N)=C(C#N)C1c1cccs1. The van der Waals surface area contributed by atoms with Gasteiger partial charge in [-0.05, 0) is 42.8 Å². The second-order valence-corrected chi connectivity index (χ2v) is 9.81. The van der Waals surface area contributed by atoms with Crippen LogP contribution in [0.4, 0.5) is 0 Å². The van der Waals surface area contributed by atoms with Crippen molar-refractivity contribution in [2.45, 2.75) is 19.8 Å². The predicted octanol–water partition coefficient (Wildman–Crippen LogP) is 2.33. The van der Waals surface area contributed by atoms with Crippen LogP contribution in [0, 0.1) is 11.3 Å². The van der Waals surface area contributed by atoms with E-state index in [0.29, 0.717) is 27.9 Å². The minimum absolute atomic E-state index is 0.0964. The molecule has 0 fully saturated rings. The Hall–Kier alpha value is -2.93. The van der Waals surface area contributed by atoms with Crippen LogP contribution in [0.25, 0.3) is 17.5 Å². The van der Waals surface area contributed by atoms with Gasteiger partial charge in [0.15, 0.2) is 0 Å². The van der Waals surface area contributed by atoms with Crippen molar-refractivity contribution in [3.63, 3.8) is 0 Å². The van der Waals surface area contributed by atoms with Crippen LogP contribution in [0.3, 0.4) is 0 Å². The van der Waals surface area contributed by atoms with Gasteiger partial charge in [-0.3, -0.25) is 14.2 Å². The van der Waals surface area contributed by atoms with Gasteiger partial charge in [0.2, 0.25) is 0 Å². The zero-order valence-corrected chi connectivity index (χ0v) is 19.4. The van der Waals surface area contributed by atoms with Crippen LogP contribution in [0.5, 0.6) is 0 Å². The molecule has 0 spiro atoms. The predicted molar refractivity (Wildman–Crippen MR) is 127 cm³/mol. The number of thiophene rings is 2. The maximum absolute atomic E-state index is 13.6. The first-order valence-corrected chi connectivity index (χ1v) is 12.3. The van der Waals surface area contributed by atoms with Crippen molar-refractivity contribution in [1.29, 1.82) is 5.26 Å². The lowest BCUT2D eigenvalue weighted by atomic mass is 9.87. The number of carbonyl (C=O) groups is 1. The molecule has 3 aromatic heterocycles. The topological polar surface area (TPSA) is 92.1 Å². The Labute approximate surface area is 191 Å². The molecule has 0 bridgehead atoms. The highest BCUT2D eigenvalue weighted by molar-refractivity contribution is 7.11. The average Bonchev–Trinajstić information content (AvgIpc) is 3.52. The van der Waals surface area contributed by atoms with Gasteiger partial charge in [0.25, 0.3) is 11.5 Å². The maximum atomic E-state index is 13.6. The Bertz CT molecular complexity index is 1370. The highest BCUT2D eigenvalue weighted by atomic mass is 32.1. The molecule has 1 amide bonds. The van der Waals surface area contributed by atoms with Crippen molar-refractivity contribution < 1.29 is 4.79 Å². The first-order chi connectivity index (χ1) is 15.0. The molecule has 0 aromatic carbocycles. The third-order valence-electron chi connectivity index (χ3n) is 5.19. The van der Waals surface area contributed by atoms with Crippen molar-refractivity contribution in [3.05, 3.63) is 69.9 Å². The summed E-state index contributed by atoms with van der Waals surface area (Å²) in [5.74, 6) is -0.675. The summed E-state index contributed by atoms with van der Waals surface area (Å²) < 4.78 is 2.32. The average molecular weight is 469 g/mol. The summed E-state index contributed by atoms with van der Waals surface area (Å²) in [6, 6.07) is 9.80. The van der Waals surface area contributed by atoms with Crippen LogP contribution in [0.1, 0.15) is 29.5 Å². The fraction of sp³-hybridized carbons (Fsp3) is 0.227. The number of rotatable bonds is 5. The van der Waals surface area contributed by atoms with E-state index >= 15 is 0 Å². The molecule has 158 valence electrons. The van der Waals surface area contributed by atoms with E-state index in [1.807, 2.05) is 54.9 Å². The highest BCUT2D eigenvalue weighted by Crippen LogP contribution is 2.38. The van der Waals surface area contributed by atoms with Gasteiger partial charge >= 0.3 is 0 Å². The van der Waals surface area contributed by atoms with Gasteiger partial charge in [-0.1, -0.05) is 12.1 Å². The normalized spacial score (nSPS) is 16.4. The molecule has 0 saturated heterocycles.